The van der Waals surface area contributed by atoms with E-state index in [0.717, 1.165) is 12.8 Å². The van der Waals surface area contributed by atoms with Crippen LogP contribution in [0.25, 0.3) is 0 Å². The van der Waals surface area contributed by atoms with Crippen molar-refractivity contribution in [2.75, 3.05) is 0 Å². The van der Waals surface area contributed by atoms with Gasteiger partial charge in [-0.2, -0.15) is 0 Å². The molecule has 0 atom stereocenters. The molecule has 1 rings (SSSR count). The van der Waals surface area contributed by atoms with Crippen molar-refractivity contribution < 1.29 is 0 Å². The van der Waals surface area contributed by atoms with E-state index in [9.17, 15) is 0 Å². The molecular formula is C22H42. The smallest absolute Gasteiger partial charge is 0.0227 e. The van der Waals surface area contributed by atoms with Crippen LogP contribution in [-0.2, 0) is 12.8 Å². The largest absolute Gasteiger partial charge is 0.0683 e. The minimum Gasteiger partial charge on any atom is -0.0683 e. The second-order valence-corrected chi connectivity index (χ2v) is 8.18. The van der Waals surface area contributed by atoms with Crippen LogP contribution in [0.4, 0.5) is 0 Å². The highest BCUT2D eigenvalue weighted by Crippen LogP contribution is 2.28. The van der Waals surface area contributed by atoms with Gasteiger partial charge in [-0.25, -0.2) is 0 Å². The van der Waals surface area contributed by atoms with E-state index in [0.29, 0.717) is 10.8 Å². The summed E-state index contributed by atoms with van der Waals surface area (Å²) in [5.74, 6) is 0. The highest BCUT2D eigenvalue weighted by atomic mass is 14.2. The molecule has 1 aromatic rings. The van der Waals surface area contributed by atoms with Gasteiger partial charge in [0.1, 0.15) is 0 Å². The Morgan fingerprint density at radius 2 is 0.818 bits per heavy atom. The van der Waals surface area contributed by atoms with Crippen molar-refractivity contribution in [2.45, 2.75) is 95.9 Å². The van der Waals surface area contributed by atoms with E-state index >= 15 is 0 Å². The topological polar surface area (TPSA) is 0 Å². The van der Waals surface area contributed by atoms with Crippen LogP contribution >= 0.6 is 0 Å². The van der Waals surface area contributed by atoms with Gasteiger partial charge in [0.15, 0.2) is 0 Å². The van der Waals surface area contributed by atoms with Crippen molar-refractivity contribution >= 4 is 0 Å². The van der Waals surface area contributed by atoms with Crippen molar-refractivity contribution in [1.82, 2.24) is 0 Å². The van der Waals surface area contributed by atoms with Gasteiger partial charge in [-0.1, -0.05) is 81.4 Å². The highest BCUT2D eigenvalue weighted by Gasteiger charge is 2.17. The van der Waals surface area contributed by atoms with Gasteiger partial charge in [-0.3, -0.25) is 0 Å². The quantitative estimate of drug-likeness (QED) is 0.529. The molecule has 0 fully saturated rings. The van der Waals surface area contributed by atoms with Gasteiger partial charge < -0.3 is 0 Å². The monoisotopic (exact) mass is 306 g/mol. The van der Waals surface area contributed by atoms with E-state index in [-0.39, 0.29) is 0 Å². The van der Waals surface area contributed by atoms with Crippen molar-refractivity contribution in [3.05, 3.63) is 34.4 Å². The Morgan fingerprint density at radius 1 is 0.591 bits per heavy atom. The molecule has 0 nitrogen and oxygen atoms in total. The first kappa shape index (κ1) is 23.5. The summed E-state index contributed by atoms with van der Waals surface area (Å²) in [6, 6.07) is 4.81. The second-order valence-electron chi connectivity index (χ2n) is 8.18. The summed E-state index contributed by atoms with van der Waals surface area (Å²) < 4.78 is 0. The van der Waals surface area contributed by atoms with E-state index in [2.05, 4.69) is 67.5 Å². The van der Waals surface area contributed by atoms with E-state index < -0.39 is 0 Å². The van der Waals surface area contributed by atoms with Crippen molar-refractivity contribution in [3.8, 4) is 0 Å². The number of aryl methyl sites for hydroxylation is 2. The van der Waals surface area contributed by atoms with E-state index in [4.69, 9.17) is 0 Å². The summed E-state index contributed by atoms with van der Waals surface area (Å²) in [6.07, 6.45) is 2.32. The first-order chi connectivity index (χ1) is 9.98. The van der Waals surface area contributed by atoms with Crippen LogP contribution < -0.4 is 0 Å². The molecule has 0 bridgehead atoms. The predicted molar refractivity (Wildman–Crippen MR) is 105 cm³/mol. The molecule has 0 saturated heterocycles. The van der Waals surface area contributed by atoms with Gasteiger partial charge in [-0.05, 0) is 59.8 Å². The summed E-state index contributed by atoms with van der Waals surface area (Å²) in [5, 5.41) is 0. The third-order valence-electron chi connectivity index (χ3n) is 3.24. The van der Waals surface area contributed by atoms with Crippen LogP contribution in [-0.4, -0.2) is 0 Å². The van der Waals surface area contributed by atoms with Gasteiger partial charge in [0.2, 0.25) is 0 Å². The van der Waals surface area contributed by atoms with Crippen LogP contribution in [0.5, 0.6) is 0 Å². The fourth-order valence-corrected chi connectivity index (χ4v) is 2.46. The third kappa shape index (κ3) is 10.0. The number of hydrogen-bond acceptors (Lipinski definition) is 0. The molecule has 0 spiro atoms. The summed E-state index contributed by atoms with van der Waals surface area (Å²) >= 11 is 0. The molecule has 0 aliphatic carbocycles. The molecule has 0 aromatic heterocycles. The molecule has 0 radical (unpaired) electrons. The van der Waals surface area contributed by atoms with Gasteiger partial charge in [0.25, 0.3) is 0 Å². The van der Waals surface area contributed by atoms with Crippen molar-refractivity contribution in [1.29, 1.82) is 0 Å². The van der Waals surface area contributed by atoms with Crippen LogP contribution in [0.3, 0.4) is 0 Å². The summed E-state index contributed by atoms with van der Waals surface area (Å²) in [5.41, 5.74) is 6.66. The zero-order valence-corrected chi connectivity index (χ0v) is 17.6. The molecule has 0 amide bonds. The zero-order valence-electron chi connectivity index (χ0n) is 17.6. The summed E-state index contributed by atoms with van der Waals surface area (Å²) in [7, 11) is 0. The lowest BCUT2D eigenvalue weighted by atomic mass is 9.82. The molecule has 0 unspecified atom stereocenters. The minimum atomic E-state index is 0.364. The SMILES string of the molecule is CC.CC.Cc1cc(CC(C)(C)C)c(C)cc1CC(C)(C)C. The molecule has 0 aliphatic rings. The fourth-order valence-electron chi connectivity index (χ4n) is 2.46. The number of hydrogen-bond donors (Lipinski definition) is 0. The second kappa shape index (κ2) is 10.1. The summed E-state index contributed by atoms with van der Waals surface area (Å²) in [4.78, 5) is 0. The molecule has 0 saturated carbocycles. The highest BCUT2D eigenvalue weighted by molar-refractivity contribution is 5.38. The maximum absolute atomic E-state index is 2.40. The van der Waals surface area contributed by atoms with E-state index in [1.807, 2.05) is 27.7 Å². The van der Waals surface area contributed by atoms with Crippen LogP contribution in [0.2, 0.25) is 0 Å². The Kier molecular flexibility index (Phi) is 10.8. The standard InChI is InChI=1S/C18H30.2C2H6/c1-13-9-16(12-18(6,7)8)14(2)10-15(13)11-17(3,4)5;2*1-2/h9-10H,11-12H2,1-8H3;2*1-2H3. The fraction of sp³-hybridized carbons (Fsp3) is 0.727. The lowest BCUT2D eigenvalue weighted by Gasteiger charge is -2.23. The van der Waals surface area contributed by atoms with E-state index in [1.165, 1.54) is 22.3 Å². The molecule has 130 valence electrons. The van der Waals surface area contributed by atoms with Gasteiger partial charge in [0, 0.05) is 0 Å². The van der Waals surface area contributed by atoms with Gasteiger partial charge in [-0.15, -0.1) is 0 Å². The maximum atomic E-state index is 2.40. The maximum Gasteiger partial charge on any atom is -0.0227 e. The summed E-state index contributed by atoms with van der Waals surface area (Å²) in [6.45, 7) is 26.4. The van der Waals surface area contributed by atoms with Crippen molar-refractivity contribution in [2.24, 2.45) is 10.8 Å². The average Bonchev–Trinajstić information content (AvgIpc) is 2.37. The Bertz CT molecular complexity index is 369. The first-order valence-electron chi connectivity index (χ1n) is 9.07. The van der Waals surface area contributed by atoms with Crippen LogP contribution in [0.15, 0.2) is 12.1 Å². The van der Waals surface area contributed by atoms with Crippen LogP contribution in [0, 0.1) is 24.7 Å². The number of rotatable bonds is 2. The minimum absolute atomic E-state index is 0.364. The molecular weight excluding hydrogens is 264 g/mol. The van der Waals surface area contributed by atoms with Gasteiger partial charge in [0.05, 0.1) is 0 Å². The average molecular weight is 307 g/mol. The first-order valence-corrected chi connectivity index (χ1v) is 9.07. The molecule has 0 heterocycles. The van der Waals surface area contributed by atoms with Crippen LogP contribution in [0.1, 0.15) is 91.5 Å². The Morgan fingerprint density at radius 3 is 1.00 bits per heavy atom. The molecule has 0 aliphatic heterocycles. The molecule has 0 N–H and O–H groups in total. The third-order valence-corrected chi connectivity index (χ3v) is 3.24. The molecule has 22 heavy (non-hydrogen) atoms. The normalized spacial score (nSPS) is 11.1. The Labute approximate surface area is 141 Å². The predicted octanol–water partition coefficient (Wildman–Crippen LogP) is 7.53. The Hall–Kier alpha value is -0.780. The number of benzene rings is 1. The van der Waals surface area contributed by atoms with E-state index in [1.54, 1.807) is 0 Å². The lowest BCUT2D eigenvalue weighted by Crippen LogP contribution is -2.13. The lowest BCUT2D eigenvalue weighted by molar-refractivity contribution is 0.406. The zero-order chi connectivity index (χ0) is 18.1. The molecule has 0 heteroatoms. The van der Waals surface area contributed by atoms with Gasteiger partial charge >= 0.3 is 0 Å². The molecule has 1 aromatic carbocycles. The van der Waals surface area contributed by atoms with Crippen molar-refractivity contribution in [3.63, 3.8) is 0 Å². The Balaban J connectivity index is 0.